The summed E-state index contributed by atoms with van der Waals surface area (Å²) < 4.78 is 34.2. The van der Waals surface area contributed by atoms with Crippen LogP contribution in [0.25, 0.3) is 5.65 Å². The third-order valence-corrected chi connectivity index (χ3v) is 6.63. The highest BCUT2D eigenvalue weighted by Gasteiger charge is 2.28. The van der Waals surface area contributed by atoms with Crippen molar-refractivity contribution < 1.29 is 13.2 Å². The van der Waals surface area contributed by atoms with Crippen LogP contribution in [0.3, 0.4) is 0 Å². The molecule has 3 N–H and O–H groups in total. The Kier molecular flexibility index (Phi) is 6.06. The van der Waals surface area contributed by atoms with Crippen molar-refractivity contribution in [1.29, 1.82) is 0 Å². The fraction of sp³-hybridized carbons (Fsp3) is 0.688. The number of sulfonamides is 1. The fourth-order valence-electron chi connectivity index (χ4n) is 3.37. The minimum Gasteiger partial charge on any atom is -0.380 e. The normalized spacial score (nSPS) is 20.8. The summed E-state index contributed by atoms with van der Waals surface area (Å²) in [5.74, 6) is 0.870. The summed E-state index contributed by atoms with van der Waals surface area (Å²) in [5, 5.41) is 10.7. The van der Waals surface area contributed by atoms with Crippen LogP contribution in [0.4, 0.5) is 11.9 Å². The molecule has 2 fully saturated rings. The second kappa shape index (κ2) is 8.56. The summed E-state index contributed by atoms with van der Waals surface area (Å²) in [4.78, 5) is 11.1. The Morgan fingerprint density at radius 3 is 2.86 bits per heavy atom. The number of aromatic nitrogens is 4. The average molecular weight is 445 g/mol. The number of fused-ring (bicyclic) bond motifs is 1. The molecule has 0 aliphatic carbocycles. The molecular weight excluding hydrogens is 420 g/mol. The summed E-state index contributed by atoms with van der Waals surface area (Å²) in [6.45, 7) is 2.87. The fourth-order valence-corrected chi connectivity index (χ4v) is 4.73. The number of anilines is 2. The van der Waals surface area contributed by atoms with Crippen molar-refractivity contribution >= 4 is 39.2 Å². The Morgan fingerprint density at radius 2 is 2.14 bits per heavy atom. The van der Waals surface area contributed by atoms with Gasteiger partial charge in [-0.25, -0.2) is 13.1 Å². The zero-order chi connectivity index (χ0) is 20.4. The van der Waals surface area contributed by atoms with Gasteiger partial charge in [0.05, 0.1) is 12.4 Å². The van der Waals surface area contributed by atoms with Gasteiger partial charge < -0.3 is 20.3 Å². The highest BCUT2D eigenvalue weighted by atomic mass is 35.5. The predicted octanol–water partition coefficient (Wildman–Crippen LogP) is -0.304. The number of hydrogen-bond acceptors (Lipinski definition) is 9. The van der Waals surface area contributed by atoms with Gasteiger partial charge >= 0.3 is 0 Å². The number of nitrogens with zero attached hydrogens (tertiary/aromatic N) is 5. The van der Waals surface area contributed by atoms with E-state index in [1.807, 2.05) is 11.9 Å². The van der Waals surface area contributed by atoms with E-state index in [1.54, 1.807) is 6.07 Å². The van der Waals surface area contributed by atoms with Crippen molar-refractivity contribution in [3.05, 3.63) is 11.2 Å². The molecule has 29 heavy (non-hydrogen) atoms. The predicted molar refractivity (Wildman–Crippen MR) is 110 cm³/mol. The molecule has 4 heterocycles. The molecule has 0 radical (unpaired) electrons. The second-order valence-electron chi connectivity index (χ2n) is 7.25. The maximum absolute atomic E-state index is 12.4. The summed E-state index contributed by atoms with van der Waals surface area (Å²) in [5.41, 5.74) is 0.552. The van der Waals surface area contributed by atoms with E-state index in [9.17, 15) is 8.42 Å². The van der Waals surface area contributed by atoms with Crippen molar-refractivity contribution in [3.63, 3.8) is 0 Å². The molecule has 0 amide bonds. The summed E-state index contributed by atoms with van der Waals surface area (Å²) in [6.07, 6.45) is 1.65. The Bertz CT molecular complexity index is 956. The molecule has 2 saturated heterocycles. The van der Waals surface area contributed by atoms with Gasteiger partial charge in [-0.2, -0.15) is 19.6 Å². The first-order chi connectivity index (χ1) is 13.9. The highest BCUT2D eigenvalue weighted by Crippen LogP contribution is 2.21. The lowest BCUT2D eigenvalue weighted by Gasteiger charge is -2.39. The largest absolute Gasteiger partial charge is 0.380 e. The van der Waals surface area contributed by atoms with Crippen molar-refractivity contribution in [2.75, 3.05) is 55.9 Å². The third-order valence-electron chi connectivity index (χ3n) is 5.01. The Morgan fingerprint density at radius 1 is 1.31 bits per heavy atom. The van der Waals surface area contributed by atoms with E-state index in [2.05, 4.69) is 30.4 Å². The molecule has 0 aromatic carbocycles. The van der Waals surface area contributed by atoms with E-state index < -0.39 is 10.0 Å². The maximum atomic E-state index is 12.4. The van der Waals surface area contributed by atoms with Gasteiger partial charge in [-0.05, 0) is 19.9 Å². The van der Waals surface area contributed by atoms with Crippen LogP contribution < -0.4 is 20.3 Å². The molecule has 4 rings (SSSR count). The zero-order valence-electron chi connectivity index (χ0n) is 16.1. The van der Waals surface area contributed by atoms with E-state index in [4.69, 9.17) is 16.3 Å². The van der Waals surface area contributed by atoms with Gasteiger partial charge in [0, 0.05) is 44.4 Å². The van der Waals surface area contributed by atoms with Crippen LogP contribution in [-0.2, 0) is 14.8 Å². The van der Waals surface area contributed by atoms with Crippen molar-refractivity contribution in [2.45, 2.75) is 24.9 Å². The topological polar surface area (TPSA) is 126 Å². The quantitative estimate of drug-likeness (QED) is 0.502. The summed E-state index contributed by atoms with van der Waals surface area (Å²) in [6, 6.07) is 1.89. The number of halogens is 1. The number of likely N-dealkylation sites (N-methyl/N-ethyl adjacent to an activating group) is 1. The van der Waals surface area contributed by atoms with Crippen LogP contribution in [0, 0.1) is 0 Å². The zero-order valence-corrected chi connectivity index (χ0v) is 17.7. The van der Waals surface area contributed by atoms with Gasteiger partial charge in [0.2, 0.25) is 21.9 Å². The first-order valence-corrected chi connectivity index (χ1v) is 11.6. The molecule has 0 saturated carbocycles. The molecule has 0 bridgehead atoms. The molecule has 2 aromatic rings. The lowest BCUT2D eigenvalue weighted by molar-refractivity contribution is 0.0774. The minimum atomic E-state index is -3.44. The van der Waals surface area contributed by atoms with Crippen molar-refractivity contribution in [3.8, 4) is 0 Å². The molecular formula is C16H25ClN8O3S. The van der Waals surface area contributed by atoms with Gasteiger partial charge in [0.25, 0.3) is 0 Å². The van der Waals surface area contributed by atoms with Crippen LogP contribution in [0.2, 0.25) is 5.15 Å². The summed E-state index contributed by atoms with van der Waals surface area (Å²) in [7, 11) is -1.52. The third kappa shape index (κ3) is 4.89. The molecule has 1 atom stereocenters. The monoisotopic (exact) mass is 444 g/mol. The van der Waals surface area contributed by atoms with Crippen LogP contribution in [0.1, 0.15) is 12.8 Å². The molecule has 0 spiro atoms. The van der Waals surface area contributed by atoms with Crippen molar-refractivity contribution in [2.24, 2.45) is 0 Å². The van der Waals surface area contributed by atoms with Gasteiger partial charge in [-0.15, -0.1) is 0 Å². The molecule has 13 heteroatoms. The molecule has 2 aromatic heterocycles. The average Bonchev–Trinajstić information content (AvgIpc) is 3.01. The van der Waals surface area contributed by atoms with E-state index in [-0.39, 0.29) is 18.3 Å². The number of nitrogens with one attached hydrogen (secondary N) is 3. The van der Waals surface area contributed by atoms with E-state index in [0.29, 0.717) is 42.0 Å². The minimum absolute atomic E-state index is 0.0924. The Labute approximate surface area is 174 Å². The highest BCUT2D eigenvalue weighted by molar-refractivity contribution is 7.89. The van der Waals surface area contributed by atoms with Gasteiger partial charge in [0.15, 0.2) is 10.8 Å². The van der Waals surface area contributed by atoms with Gasteiger partial charge in [-0.3, -0.25) is 0 Å². The van der Waals surface area contributed by atoms with E-state index in [1.165, 1.54) is 4.52 Å². The van der Waals surface area contributed by atoms with Gasteiger partial charge in [-0.1, -0.05) is 11.6 Å². The van der Waals surface area contributed by atoms with Crippen LogP contribution in [-0.4, -0.2) is 85.7 Å². The Hall–Kier alpha value is -1.73. The molecule has 2 aliphatic heterocycles. The van der Waals surface area contributed by atoms with Crippen LogP contribution >= 0.6 is 11.6 Å². The number of rotatable bonds is 8. The molecule has 11 nitrogen and oxygen atoms in total. The number of hydrogen-bond donors (Lipinski definition) is 3. The van der Waals surface area contributed by atoms with E-state index >= 15 is 0 Å². The second-order valence-corrected chi connectivity index (χ2v) is 9.51. The Balaban J connectivity index is 1.42. The molecule has 2 aliphatic rings. The van der Waals surface area contributed by atoms with Crippen LogP contribution in [0.5, 0.6) is 0 Å². The lowest BCUT2D eigenvalue weighted by Crippen LogP contribution is -2.57. The SMILES string of the molecule is CNC1CN(c2nc(NCCS(=O)(=O)NC3CCCOC3)n3nc(Cl)cc3n2)C1. The van der Waals surface area contributed by atoms with E-state index in [0.717, 1.165) is 25.9 Å². The maximum Gasteiger partial charge on any atom is 0.230 e. The lowest BCUT2D eigenvalue weighted by atomic mass is 10.1. The van der Waals surface area contributed by atoms with Gasteiger partial charge in [0.1, 0.15) is 0 Å². The summed E-state index contributed by atoms with van der Waals surface area (Å²) >= 11 is 6.03. The molecule has 1 unspecified atom stereocenters. The smallest absolute Gasteiger partial charge is 0.230 e. The standard InChI is InChI=1S/C16H25ClN8O3S/c1-18-12-8-24(9-12)16-20-14-7-13(17)22-25(14)15(21-16)19-4-6-29(26,27)23-11-3-2-5-28-10-11/h7,11-12,18,23H,2-6,8-10H2,1H3,(H,19,20,21). The first kappa shape index (κ1) is 20.5. The molecule has 160 valence electrons. The number of ether oxygens (including phenoxy) is 1. The van der Waals surface area contributed by atoms with Crippen LogP contribution in [0.15, 0.2) is 6.07 Å². The van der Waals surface area contributed by atoms with Crippen molar-refractivity contribution in [1.82, 2.24) is 29.6 Å². The first-order valence-electron chi connectivity index (χ1n) is 9.61.